The number of aromatic nitrogens is 1. The number of carbonyl (C=O) groups excluding carboxylic acids is 1. The van der Waals surface area contributed by atoms with Crippen molar-refractivity contribution in [3.63, 3.8) is 0 Å². The van der Waals surface area contributed by atoms with Crippen molar-refractivity contribution in [3.8, 4) is 0 Å². The molecular formula is C19H20N2OS3. The lowest BCUT2D eigenvalue weighted by Gasteiger charge is -2.05. The maximum atomic E-state index is 12.8. The molecule has 0 N–H and O–H groups in total. The summed E-state index contributed by atoms with van der Waals surface area (Å²) in [4.78, 5) is 19.0. The van der Waals surface area contributed by atoms with Crippen LogP contribution in [0, 0.1) is 6.92 Å². The highest BCUT2D eigenvalue weighted by atomic mass is 32.2. The number of fused-ring (bicyclic) bond motifs is 1. The van der Waals surface area contributed by atoms with Crippen molar-refractivity contribution >= 4 is 51.0 Å². The van der Waals surface area contributed by atoms with Gasteiger partial charge in [-0.15, -0.1) is 11.8 Å². The fourth-order valence-corrected chi connectivity index (χ4v) is 4.74. The predicted molar refractivity (Wildman–Crippen MR) is 111 cm³/mol. The highest BCUT2D eigenvalue weighted by Gasteiger charge is 2.12. The van der Waals surface area contributed by atoms with Crippen LogP contribution in [0.1, 0.15) is 15.9 Å². The molecule has 3 rings (SSSR count). The summed E-state index contributed by atoms with van der Waals surface area (Å²) in [6.07, 6.45) is 4.07. The van der Waals surface area contributed by atoms with E-state index in [2.05, 4.69) is 40.9 Å². The van der Waals surface area contributed by atoms with Crippen LogP contribution in [0.5, 0.6) is 0 Å². The zero-order chi connectivity index (χ0) is 17.8. The van der Waals surface area contributed by atoms with Crippen LogP contribution in [0.3, 0.4) is 0 Å². The molecule has 1 amide bonds. The lowest BCUT2D eigenvalue weighted by Crippen LogP contribution is -2.18. The number of nitrogens with zero attached hydrogens (tertiary/aromatic N) is 2. The summed E-state index contributed by atoms with van der Waals surface area (Å²) in [5, 5.41) is 0. The van der Waals surface area contributed by atoms with Crippen LogP contribution < -0.4 is 4.80 Å². The van der Waals surface area contributed by atoms with E-state index < -0.39 is 0 Å². The molecule has 25 heavy (non-hydrogen) atoms. The topological polar surface area (TPSA) is 34.4 Å². The van der Waals surface area contributed by atoms with Gasteiger partial charge in [0, 0.05) is 17.2 Å². The summed E-state index contributed by atoms with van der Waals surface area (Å²) in [5.41, 5.74) is 3.03. The van der Waals surface area contributed by atoms with E-state index in [4.69, 9.17) is 0 Å². The Morgan fingerprint density at radius 3 is 2.76 bits per heavy atom. The van der Waals surface area contributed by atoms with Crippen molar-refractivity contribution in [1.82, 2.24) is 4.57 Å². The van der Waals surface area contributed by atoms with E-state index in [-0.39, 0.29) is 5.91 Å². The molecule has 1 heterocycles. The Balaban J connectivity index is 2.12. The summed E-state index contributed by atoms with van der Waals surface area (Å²) >= 11 is 4.95. The number of thioether (sulfide) groups is 2. The smallest absolute Gasteiger partial charge is 0.280 e. The van der Waals surface area contributed by atoms with Gasteiger partial charge in [0.25, 0.3) is 5.91 Å². The third-order valence-corrected chi connectivity index (χ3v) is 6.32. The molecule has 0 saturated carbocycles. The highest BCUT2D eigenvalue weighted by molar-refractivity contribution is 7.98. The molecular weight excluding hydrogens is 368 g/mol. The molecule has 0 fully saturated rings. The molecule has 0 bridgehead atoms. The summed E-state index contributed by atoms with van der Waals surface area (Å²) < 4.78 is 3.33. The lowest BCUT2D eigenvalue weighted by molar-refractivity contribution is 0.0995. The van der Waals surface area contributed by atoms with E-state index in [1.54, 1.807) is 34.9 Å². The summed E-state index contributed by atoms with van der Waals surface area (Å²) in [6, 6.07) is 14.0. The minimum absolute atomic E-state index is 0.175. The average molecular weight is 389 g/mol. The summed E-state index contributed by atoms with van der Waals surface area (Å²) in [5.74, 6) is 0.814. The molecule has 0 aliphatic heterocycles. The molecule has 0 unspecified atom stereocenters. The van der Waals surface area contributed by atoms with E-state index in [1.807, 2.05) is 30.5 Å². The maximum absolute atomic E-state index is 12.8. The second kappa shape index (κ2) is 8.25. The van der Waals surface area contributed by atoms with Crippen LogP contribution in [0.4, 0.5) is 0 Å². The average Bonchev–Trinajstić information content (AvgIpc) is 2.95. The largest absolute Gasteiger partial charge is 0.316 e. The first kappa shape index (κ1) is 18.3. The van der Waals surface area contributed by atoms with Crippen molar-refractivity contribution in [1.29, 1.82) is 0 Å². The van der Waals surface area contributed by atoms with Gasteiger partial charge in [0.2, 0.25) is 0 Å². The minimum Gasteiger partial charge on any atom is -0.316 e. The van der Waals surface area contributed by atoms with Crippen molar-refractivity contribution < 1.29 is 4.79 Å². The molecule has 0 aliphatic carbocycles. The predicted octanol–water partition coefficient (Wildman–Crippen LogP) is 4.84. The molecule has 3 aromatic rings. The minimum atomic E-state index is -0.175. The Labute approximate surface area is 160 Å². The number of amides is 1. The molecule has 0 spiro atoms. The highest BCUT2D eigenvalue weighted by Crippen LogP contribution is 2.22. The van der Waals surface area contributed by atoms with Gasteiger partial charge in [0.15, 0.2) is 4.80 Å². The zero-order valence-electron chi connectivity index (χ0n) is 14.5. The van der Waals surface area contributed by atoms with Gasteiger partial charge in [-0.1, -0.05) is 29.5 Å². The molecule has 0 aliphatic rings. The number of carbonyl (C=O) groups is 1. The van der Waals surface area contributed by atoms with Crippen molar-refractivity contribution in [2.24, 2.45) is 4.99 Å². The molecule has 0 radical (unpaired) electrons. The zero-order valence-corrected chi connectivity index (χ0v) is 16.9. The fraction of sp³-hybridized carbons (Fsp3) is 0.263. The van der Waals surface area contributed by atoms with Crippen molar-refractivity contribution in [3.05, 3.63) is 58.4 Å². The van der Waals surface area contributed by atoms with E-state index >= 15 is 0 Å². The fourth-order valence-electron chi connectivity index (χ4n) is 2.63. The molecule has 2 aromatic carbocycles. The second-order valence-corrected chi connectivity index (χ2v) is 8.46. The van der Waals surface area contributed by atoms with Crippen LogP contribution >= 0.6 is 34.9 Å². The lowest BCUT2D eigenvalue weighted by atomic mass is 10.2. The van der Waals surface area contributed by atoms with Gasteiger partial charge in [0.05, 0.1) is 15.8 Å². The van der Waals surface area contributed by atoms with Crippen molar-refractivity contribution in [2.75, 3.05) is 18.3 Å². The molecule has 6 heteroatoms. The maximum Gasteiger partial charge on any atom is 0.280 e. The Kier molecular flexibility index (Phi) is 6.04. The number of aryl methyl sites for hydroxylation is 2. The van der Waals surface area contributed by atoms with Crippen LogP contribution in [-0.4, -0.2) is 28.7 Å². The number of thiazole rings is 1. The second-order valence-electron chi connectivity index (χ2n) is 5.62. The first-order valence-corrected chi connectivity index (χ1v) is 11.4. The van der Waals surface area contributed by atoms with Gasteiger partial charge in [0.1, 0.15) is 0 Å². The molecule has 0 saturated heterocycles. The molecule has 0 atom stereocenters. The van der Waals surface area contributed by atoms with Gasteiger partial charge < -0.3 is 4.57 Å². The Bertz CT molecular complexity index is 972. The van der Waals surface area contributed by atoms with E-state index in [1.165, 1.54) is 10.3 Å². The van der Waals surface area contributed by atoms with Gasteiger partial charge in [-0.2, -0.15) is 16.8 Å². The van der Waals surface area contributed by atoms with Gasteiger partial charge in [-0.05, 0) is 49.3 Å². The number of hydrogen-bond acceptors (Lipinski definition) is 4. The van der Waals surface area contributed by atoms with Crippen LogP contribution in [0.15, 0.2) is 52.4 Å². The Morgan fingerprint density at radius 2 is 2.00 bits per heavy atom. The normalized spacial score (nSPS) is 12.0. The molecule has 1 aromatic heterocycles. The van der Waals surface area contributed by atoms with Crippen molar-refractivity contribution in [2.45, 2.75) is 18.4 Å². The number of hydrogen-bond donors (Lipinski definition) is 0. The quantitative estimate of drug-likeness (QED) is 0.587. The SMILES string of the molecule is CSCCn1c(=NC(=O)c2ccccc2SC)sc2cc(C)ccc21. The van der Waals surface area contributed by atoms with Gasteiger partial charge in [-0.3, -0.25) is 4.79 Å². The van der Waals surface area contributed by atoms with Gasteiger partial charge >= 0.3 is 0 Å². The standard InChI is InChI=1S/C19H20N2OS3/c1-13-8-9-15-17(12-13)25-19(21(15)10-11-23-2)20-18(22)14-6-4-5-7-16(14)24-3/h4-9,12H,10-11H2,1-3H3. The van der Waals surface area contributed by atoms with Gasteiger partial charge in [-0.25, -0.2) is 0 Å². The monoisotopic (exact) mass is 388 g/mol. The summed E-state index contributed by atoms with van der Waals surface area (Å²) in [7, 11) is 0. The van der Waals surface area contributed by atoms with Crippen LogP contribution in [0.2, 0.25) is 0 Å². The molecule has 130 valence electrons. The van der Waals surface area contributed by atoms with E-state index in [9.17, 15) is 4.79 Å². The third kappa shape index (κ3) is 4.02. The first-order valence-electron chi connectivity index (χ1n) is 7.95. The summed E-state index contributed by atoms with van der Waals surface area (Å²) in [6.45, 7) is 2.93. The number of benzene rings is 2. The molecule has 3 nitrogen and oxygen atoms in total. The third-order valence-electron chi connectivity index (χ3n) is 3.89. The van der Waals surface area contributed by atoms with Crippen LogP contribution in [0.25, 0.3) is 10.2 Å². The Morgan fingerprint density at radius 1 is 1.20 bits per heavy atom. The van der Waals surface area contributed by atoms with E-state index in [0.29, 0.717) is 5.56 Å². The first-order chi connectivity index (χ1) is 12.1. The number of rotatable bonds is 5. The van der Waals surface area contributed by atoms with E-state index in [0.717, 1.165) is 27.5 Å². The van der Waals surface area contributed by atoms with Crippen LogP contribution in [-0.2, 0) is 6.54 Å². The Hall–Kier alpha value is -1.50.